The molecule has 0 spiro atoms. The number of piperidine rings is 1. The Morgan fingerprint density at radius 1 is 1.25 bits per heavy atom. The number of hydrogen-bond donors (Lipinski definition) is 0. The van der Waals surface area contributed by atoms with Gasteiger partial charge in [0.2, 0.25) is 0 Å². The summed E-state index contributed by atoms with van der Waals surface area (Å²) in [5.41, 5.74) is 2.50. The molecule has 0 aliphatic carbocycles. The second kappa shape index (κ2) is 5.33. The van der Waals surface area contributed by atoms with Gasteiger partial charge in [0.1, 0.15) is 0 Å². The largest absolute Gasteiger partial charge is 0.338 e. The van der Waals surface area contributed by atoms with E-state index in [0.717, 1.165) is 24.2 Å². The average molecular weight is 268 g/mol. The number of nitrogens with zero attached hydrogens (tertiary/aromatic N) is 4. The Labute approximate surface area is 117 Å². The highest BCUT2D eigenvalue weighted by Crippen LogP contribution is 2.25. The molecule has 5 heteroatoms. The van der Waals surface area contributed by atoms with Gasteiger partial charge in [0.05, 0.1) is 11.6 Å². The minimum atomic E-state index is 0.521. The van der Waals surface area contributed by atoms with Gasteiger partial charge in [-0.15, -0.1) is 0 Å². The summed E-state index contributed by atoms with van der Waals surface area (Å²) < 4.78 is 5.37. The van der Waals surface area contributed by atoms with Gasteiger partial charge in [-0.1, -0.05) is 0 Å². The van der Waals surface area contributed by atoms with E-state index in [-0.39, 0.29) is 0 Å². The van der Waals surface area contributed by atoms with Gasteiger partial charge in [-0.05, 0) is 55.1 Å². The van der Waals surface area contributed by atoms with E-state index in [9.17, 15) is 0 Å². The van der Waals surface area contributed by atoms with E-state index in [0.29, 0.717) is 17.4 Å². The lowest BCUT2D eigenvalue weighted by Crippen LogP contribution is -2.30. The van der Waals surface area contributed by atoms with Crippen molar-refractivity contribution in [3.05, 3.63) is 29.3 Å². The molecular weight excluding hydrogens is 252 g/mol. The van der Waals surface area contributed by atoms with Gasteiger partial charge in [0.15, 0.2) is 0 Å². The molecule has 3 rings (SSSR count). The topological polar surface area (TPSA) is 66.0 Å². The van der Waals surface area contributed by atoms with Crippen molar-refractivity contribution in [2.75, 3.05) is 18.0 Å². The lowest BCUT2D eigenvalue weighted by molar-refractivity contribution is 0.426. The van der Waals surface area contributed by atoms with Crippen LogP contribution in [0.5, 0.6) is 0 Å². The predicted molar refractivity (Wildman–Crippen MR) is 75.3 cm³/mol. The molecule has 0 N–H and O–H groups in total. The molecule has 5 nitrogen and oxygen atoms in total. The monoisotopic (exact) mass is 268 g/mol. The summed E-state index contributed by atoms with van der Waals surface area (Å²) in [6.45, 7) is 3.93. The number of aryl methyl sites for hydroxylation is 1. The van der Waals surface area contributed by atoms with Crippen molar-refractivity contribution in [2.24, 2.45) is 0 Å². The highest BCUT2D eigenvalue weighted by molar-refractivity contribution is 5.61. The van der Waals surface area contributed by atoms with Crippen LogP contribution in [0.1, 0.15) is 30.4 Å². The van der Waals surface area contributed by atoms with Crippen LogP contribution in [-0.2, 0) is 0 Å². The Kier molecular flexibility index (Phi) is 3.38. The molecule has 1 aromatic carbocycles. The number of benzene rings is 1. The second-order valence-corrected chi connectivity index (χ2v) is 5.09. The summed E-state index contributed by atoms with van der Waals surface area (Å²) in [6.07, 6.45) is 3.63. The molecule has 2 heterocycles. The van der Waals surface area contributed by atoms with E-state index in [1.54, 1.807) is 6.07 Å². The Bertz CT molecular complexity index is 650. The lowest BCUT2D eigenvalue weighted by atomic mass is 10.1. The number of nitriles is 1. The fourth-order valence-electron chi connectivity index (χ4n) is 2.52. The zero-order valence-electron chi connectivity index (χ0n) is 11.5. The molecule has 20 heavy (non-hydrogen) atoms. The van der Waals surface area contributed by atoms with Crippen LogP contribution in [0.2, 0.25) is 0 Å². The van der Waals surface area contributed by atoms with Crippen molar-refractivity contribution < 1.29 is 4.52 Å². The van der Waals surface area contributed by atoms with Crippen LogP contribution in [-0.4, -0.2) is 23.2 Å². The third-order valence-electron chi connectivity index (χ3n) is 3.64. The van der Waals surface area contributed by atoms with E-state index in [1.165, 1.54) is 19.3 Å². The van der Waals surface area contributed by atoms with Crippen molar-refractivity contribution in [1.82, 2.24) is 10.1 Å². The van der Waals surface area contributed by atoms with E-state index in [1.807, 2.05) is 19.1 Å². The first-order valence-electron chi connectivity index (χ1n) is 6.88. The van der Waals surface area contributed by atoms with Crippen molar-refractivity contribution in [1.29, 1.82) is 5.26 Å². The summed E-state index contributed by atoms with van der Waals surface area (Å²) in [6, 6.07) is 7.60. The Balaban J connectivity index is 1.88. The van der Waals surface area contributed by atoms with Gasteiger partial charge in [0, 0.05) is 18.7 Å². The molecule has 0 radical (unpaired) electrons. The molecule has 1 fully saturated rings. The van der Waals surface area contributed by atoms with Gasteiger partial charge >= 0.3 is 0 Å². The van der Waals surface area contributed by atoms with Crippen LogP contribution in [0, 0.1) is 18.3 Å². The van der Waals surface area contributed by atoms with Crippen molar-refractivity contribution >= 4 is 5.95 Å². The first kappa shape index (κ1) is 12.7. The normalized spacial score (nSPS) is 15.1. The first-order valence-corrected chi connectivity index (χ1v) is 6.88. The third-order valence-corrected chi connectivity index (χ3v) is 3.64. The molecular formula is C15H16N4O. The lowest BCUT2D eigenvalue weighted by Gasteiger charge is -2.24. The summed E-state index contributed by atoms with van der Waals surface area (Å²) in [5, 5.41) is 13.0. The molecule has 0 amide bonds. The molecule has 1 aliphatic heterocycles. The highest BCUT2D eigenvalue weighted by Gasteiger charge is 2.18. The van der Waals surface area contributed by atoms with Crippen LogP contribution < -0.4 is 4.90 Å². The molecule has 0 atom stereocenters. The van der Waals surface area contributed by atoms with E-state index >= 15 is 0 Å². The van der Waals surface area contributed by atoms with E-state index < -0.39 is 0 Å². The van der Waals surface area contributed by atoms with Crippen molar-refractivity contribution in [3.8, 4) is 17.5 Å². The van der Waals surface area contributed by atoms with Crippen LogP contribution in [0.15, 0.2) is 22.7 Å². The molecule has 1 aromatic heterocycles. The Hall–Kier alpha value is -2.35. The number of anilines is 1. The van der Waals surface area contributed by atoms with E-state index in [4.69, 9.17) is 9.78 Å². The SMILES string of the molecule is Cc1cc(C#N)ccc1-c1nc(N2CCCCC2)no1. The zero-order chi connectivity index (χ0) is 13.9. The average Bonchev–Trinajstić information content (AvgIpc) is 2.97. The number of aromatic nitrogens is 2. The Morgan fingerprint density at radius 3 is 2.75 bits per heavy atom. The number of hydrogen-bond acceptors (Lipinski definition) is 5. The zero-order valence-corrected chi connectivity index (χ0v) is 11.5. The summed E-state index contributed by atoms with van der Waals surface area (Å²) in [5.74, 6) is 1.19. The minimum Gasteiger partial charge on any atom is -0.338 e. The maximum absolute atomic E-state index is 8.89. The predicted octanol–water partition coefficient (Wildman–Crippen LogP) is 2.91. The van der Waals surface area contributed by atoms with Crippen LogP contribution in [0.4, 0.5) is 5.95 Å². The molecule has 0 unspecified atom stereocenters. The summed E-state index contributed by atoms with van der Waals surface area (Å²) in [4.78, 5) is 6.65. The van der Waals surface area contributed by atoms with Crippen LogP contribution >= 0.6 is 0 Å². The standard InChI is InChI=1S/C15H16N4O/c1-11-9-12(10-16)5-6-13(11)14-17-15(18-20-14)19-7-3-2-4-8-19/h5-6,9H,2-4,7-8H2,1H3. The van der Waals surface area contributed by atoms with Gasteiger partial charge in [0.25, 0.3) is 11.8 Å². The van der Waals surface area contributed by atoms with Crippen LogP contribution in [0.3, 0.4) is 0 Å². The molecule has 2 aromatic rings. The molecule has 1 saturated heterocycles. The molecule has 0 saturated carbocycles. The van der Waals surface area contributed by atoms with Gasteiger partial charge in [-0.2, -0.15) is 10.2 Å². The summed E-state index contributed by atoms with van der Waals surface area (Å²) >= 11 is 0. The fourth-order valence-corrected chi connectivity index (χ4v) is 2.52. The van der Waals surface area contributed by atoms with Crippen molar-refractivity contribution in [2.45, 2.75) is 26.2 Å². The summed E-state index contributed by atoms with van der Waals surface area (Å²) in [7, 11) is 0. The third kappa shape index (κ3) is 2.37. The smallest absolute Gasteiger partial charge is 0.266 e. The maximum Gasteiger partial charge on any atom is 0.266 e. The highest BCUT2D eigenvalue weighted by atomic mass is 16.5. The quantitative estimate of drug-likeness (QED) is 0.837. The van der Waals surface area contributed by atoms with Crippen molar-refractivity contribution in [3.63, 3.8) is 0 Å². The maximum atomic E-state index is 8.89. The molecule has 1 aliphatic rings. The number of rotatable bonds is 2. The molecule has 0 bridgehead atoms. The van der Waals surface area contributed by atoms with Crippen LogP contribution in [0.25, 0.3) is 11.5 Å². The second-order valence-electron chi connectivity index (χ2n) is 5.09. The molecule has 102 valence electrons. The van der Waals surface area contributed by atoms with E-state index in [2.05, 4.69) is 21.1 Å². The van der Waals surface area contributed by atoms with Gasteiger partial charge in [-0.3, -0.25) is 0 Å². The fraction of sp³-hybridized carbons (Fsp3) is 0.400. The van der Waals surface area contributed by atoms with Gasteiger partial charge in [-0.25, -0.2) is 0 Å². The first-order chi connectivity index (χ1) is 9.78. The minimum absolute atomic E-state index is 0.521. The van der Waals surface area contributed by atoms with Gasteiger partial charge < -0.3 is 9.42 Å². The Morgan fingerprint density at radius 2 is 2.05 bits per heavy atom.